The van der Waals surface area contributed by atoms with Crippen LogP contribution in [0.25, 0.3) is 10.9 Å². The topological polar surface area (TPSA) is 62.7 Å². The SMILES string of the molecule is COCCOc1cc2ncnc(Oc3cc[c]cc3)c2cc1OC. The van der Waals surface area contributed by atoms with E-state index in [2.05, 4.69) is 16.0 Å². The van der Waals surface area contributed by atoms with E-state index in [1.54, 1.807) is 32.4 Å². The molecular weight excluding hydrogens is 308 g/mol. The lowest BCUT2D eigenvalue weighted by atomic mass is 10.2. The number of hydrogen-bond donors (Lipinski definition) is 0. The van der Waals surface area contributed by atoms with Crippen molar-refractivity contribution in [2.45, 2.75) is 0 Å². The van der Waals surface area contributed by atoms with Crippen LogP contribution in [0.2, 0.25) is 0 Å². The van der Waals surface area contributed by atoms with Gasteiger partial charge >= 0.3 is 0 Å². The first-order valence-electron chi connectivity index (χ1n) is 7.40. The Hall–Kier alpha value is -2.86. The van der Waals surface area contributed by atoms with Crippen LogP contribution in [-0.2, 0) is 4.74 Å². The molecule has 6 nitrogen and oxygen atoms in total. The van der Waals surface area contributed by atoms with Gasteiger partial charge in [0, 0.05) is 13.2 Å². The van der Waals surface area contributed by atoms with Gasteiger partial charge < -0.3 is 18.9 Å². The standard InChI is InChI=1S/C18H17N2O4/c1-21-8-9-23-17-11-15-14(10-16(17)22-2)18(20-12-19-15)24-13-6-4-3-5-7-13/h4-7,10-12H,8-9H2,1-2H3. The summed E-state index contributed by atoms with van der Waals surface area (Å²) in [6.07, 6.45) is 1.46. The van der Waals surface area contributed by atoms with Gasteiger partial charge in [0.2, 0.25) is 5.88 Å². The number of benzene rings is 2. The zero-order chi connectivity index (χ0) is 16.8. The number of hydrogen-bond acceptors (Lipinski definition) is 6. The van der Waals surface area contributed by atoms with E-state index in [1.807, 2.05) is 18.2 Å². The number of nitrogens with zero attached hydrogens (tertiary/aromatic N) is 2. The molecule has 0 N–H and O–H groups in total. The van der Waals surface area contributed by atoms with E-state index in [1.165, 1.54) is 6.33 Å². The number of methoxy groups -OCH3 is 2. The highest BCUT2D eigenvalue weighted by molar-refractivity contribution is 5.87. The fraction of sp³-hybridized carbons (Fsp3) is 0.222. The van der Waals surface area contributed by atoms with Crippen LogP contribution < -0.4 is 14.2 Å². The third kappa shape index (κ3) is 3.55. The van der Waals surface area contributed by atoms with E-state index < -0.39 is 0 Å². The fourth-order valence-electron chi connectivity index (χ4n) is 2.18. The second kappa shape index (κ2) is 7.61. The maximum atomic E-state index is 5.84. The summed E-state index contributed by atoms with van der Waals surface area (Å²) in [7, 11) is 3.21. The average Bonchev–Trinajstić information content (AvgIpc) is 2.62. The molecule has 0 saturated carbocycles. The van der Waals surface area contributed by atoms with Crippen LogP contribution in [0.4, 0.5) is 0 Å². The van der Waals surface area contributed by atoms with Crippen molar-refractivity contribution in [1.29, 1.82) is 0 Å². The largest absolute Gasteiger partial charge is 0.493 e. The van der Waals surface area contributed by atoms with Crippen molar-refractivity contribution in [3.05, 3.63) is 48.8 Å². The van der Waals surface area contributed by atoms with Gasteiger partial charge in [0.15, 0.2) is 11.5 Å². The van der Waals surface area contributed by atoms with Crippen LogP contribution in [0.3, 0.4) is 0 Å². The lowest BCUT2D eigenvalue weighted by Crippen LogP contribution is -2.05. The van der Waals surface area contributed by atoms with E-state index in [9.17, 15) is 0 Å². The van der Waals surface area contributed by atoms with Crippen LogP contribution in [0.15, 0.2) is 42.7 Å². The van der Waals surface area contributed by atoms with Crippen LogP contribution in [0.1, 0.15) is 0 Å². The van der Waals surface area contributed by atoms with Gasteiger partial charge in [-0.2, -0.15) is 0 Å². The zero-order valence-corrected chi connectivity index (χ0v) is 13.5. The minimum atomic E-state index is 0.424. The highest BCUT2D eigenvalue weighted by atomic mass is 16.5. The molecule has 0 unspecified atom stereocenters. The molecule has 0 bridgehead atoms. The quantitative estimate of drug-likeness (QED) is 0.621. The van der Waals surface area contributed by atoms with E-state index >= 15 is 0 Å². The van der Waals surface area contributed by atoms with E-state index in [0.29, 0.717) is 41.9 Å². The first kappa shape index (κ1) is 16.0. The van der Waals surface area contributed by atoms with Gasteiger partial charge in [0.05, 0.1) is 24.6 Å². The Morgan fingerprint density at radius 2 is 1.83 bits per heavy atom. The molecule has 24 heavy (non-hydrogen) atoms. The summed E-state index contributed by atoms with van der Waals surface area (Å²) >= 11 is 0. The predicted molar refractivity (Wildman–Crippen MR) is 88.8 cm³/mol. The van der Waals surface area contributed by atoms with Gasteiger partial charge in [-0.15, -0.1) is 0 Å². The molecular formula is C18H17N2O4. The molecule has 1 radical (unpaired) electrons. The summed E-state index contributed by atoms with van der Waals surface area (Å²) in [6, 6.07) is 13.7. The number of aromatic nitrogens is 2. The highest BCUT2D eigenvalue weighted by Crippen LogP contribution is 2.35. The zero-order valence-electron chi connectivity index (χ0n) is 13.5. The molecule has 3 rings (SSSR count). The molecule has 0 aliphatic carbocycles. The molecule has 0 spiro atoms. The van der Waals surface area contributed by atoms with Gasteiger partial charge in [-0.05, 0) is 24.3 Å². The summed E-state index contributed by atoms with van der Waals surface area (Å²) in [5.74, 6) is 2.31. The maximum Gasteiger partial charge on any atom is 0.230 e. The van der Waals surface area contributed by atoms with Crippen molar-refractivity contribution < 1.29 is 18.9 Å². The van der Waals surface area contributed by atoms with Crippen molar-refractivity contribution in [3.63, 3.8) is 0 Å². The summed E-state index contributed by atoms with van der Waals surface area (Å²) in [5.41, 5.74) is 0.704. The molecule has 0 atom stereocenters. The Bertz CT molecular complexity index is 809. The summed E-state index contributed by atoms with van der Waals surface area (Å²) < 4.78 is 21.9. The predicted octanol–water partition coefficient (Wildman–Crippen LogP) is 3.26. The molecule has 0 amide bonds. The molecule has 0 fully saturated rings. The van der Waals surface area contributed by atoms with Crippen molar-refractivity contribution in [1.82, 2.24) is 9.97 Å². The number of rotatable bonds is 7. The first-order valence-corrected chi connectivity index (χ1v) is 7.40. The monoisotopic (exact) mass is 325 g/mol. The lowest BCUT2D eigenvalue weighted by molar-refractivity contribution is 0.144. The third-order valence-corrected chi connectivity index (χ3v) is 3.33. The Morgan fingerprint density at radius 3 is 2.58 bits per heavy atom. The fourth-order valence-corrected chi connectivity index (χ4v) is 2.18. The first-order chi connectivity index (χ1) is 11.8. The maximum absolute atomic E-state index is 5.84. The van der Waals surface area contributed by atoms with E-state index in [4.69, 9.17) is 18.9 Å². The van der Waals surface area contributed by atoms with Crippen LogP contribution in [0, 0.1) is 6.07 Å². The minimum absolute atomic E-state index is 0.424. The van der Waals surface area contributed by atoms with Gasteiger partial charge in [-0.25, -0.2) is 9.97 Å². The Labute approximate surface area is 140 Å². The van der Waals surface area contributed by atoms with Gasteiger partial charge in [-0.1, -0.05) is 12.1 Å². The Balaban J connectivity index is 1.97. The van der Waals surface area contributed by atoms with Crippen molar-refractivity contribution in [3.8, 4) is 23.1 Å². The Morgan fingerprint density at radius 1 is 1.00 bits per heavy atom. The summed E-state index contributed by atoms with van der Waals surface area (Å²) in [5, 5.41) is 0.737. The number of ether oxygens (including phenoxy) is 4. The van der Waals surface area contributed by atoms with Crippen molar-refractivity contribution in [2.75, 3.05) is 27.4 Å². The minimum Gasteiger partial charge on any atom is -0.493 e. The normalized spacial score (nSPS) is 10.6. The van der Waals surface area contributed by atoms with Gasteiger partial charge in [0.1, 0.15) is 18.7 Å². The number of fused-ring (bicyclic) bond motifs is 1. The molecule has 0 saturated heterocycles. The summed E-state index contributed by atoms with van der Waals surface area (Å²) in [4.78, 5) is 8.51. The molecule has 123 valence electrons. The molecule has 1 heterocycles. The summed E-state index contributed by atoms with van der Waals surface area (Å²) in [6.45, 7) is 0.914. The average molecular weight is 325 g/mol. The van der Waals surface area contributed by atoms with Gasteiger partial charge in [-0.3, -0.25) is 0 Å². The molecule has 0 aliphatic heterocycles. The van der Waals surface area contributed by atoms with Gasteiger partial charge in [0.25, 0.3) is 0 Å². The lowest BCUT2D eigenvalue weighted by Gasteiger charge is -2.13. The Kier molecular flexibility index (Phi) is 5.08. The van der Waals surface area contributed by atoms with Crippen molar-refractivity contribution in [2.24, 2.45) is 0 Å². The molecule has 6 heteroatoms. The second-order valence-electron chi connectivity index (χ2n) is 4.88. The van der Waals surface area contributed by atoms with E-state index in [0.717, 1.165) is 5.39 Å². The second-order valence-corrected chi connectivity index (χ2v) is 4.88. The molecule has 2 aromatic carbocycles. The van der Waals surface area contributed by atoms with Crippen LogP contribution in [0.5, 0.6) is 23.1 Å². The molecule has 1 aromatic heterocycles. The van der Waals surface area contributed by atoms with Crippen LogP contribution >= 0.6 is 0 Å². The molecule has 0 aliphatic rings. The van der Waals surface area contributed by atoms with Crippen molar-refractivity contribution >= 4 is 10.9 Å². The van der Waals surface area contributed by atoms with Crippen LogP contribution in [-0.4, -0.2) is 37.4 Å². The van der Waals surface area contributed by atoms with E-state index in [-0.39, 0.29) is 0 Å². The highest BCUT2D eigenvalue weighted by Gasteiger charge is 2.13. The smallest absolute Gasteiger partial charge is 0.230 e. The molecule has 3 aromatic rings. The third-order valence-electron chi connectivity index (χ3n) is 3.33.